The van der Waals surface area contributed by atoms with Crippen LogP contribution in [0.1, 0.15) is 30.4 Å². The number of aromatic hydroxyl groups is 1. The van der Waals surface area contributed by atoms with Crippen LogP contribution < -0.4 is 0 Å². The molecule has 0 aliphatic heterocycles. The Labute approximate surface area is 87.2 Å². The second kappa shape index (κ2) is 4.29. The summed E-state index contributed by atoms with van der Waals surface area (Å²) in [5.41, 5.74) is 0.680. The molecule has 1 aromatic rings. The van der Waals surface area contributed by atoms with Crippen molar-refractivity contribution in [1.82, 2.24) is 0 Å². The third kappa shape index (κ3) is 2.68. The average molecular weight is 212 g/mol. The highest BCUT2D eigenvalue weighted by Gasteiger charge is 2.16. The molecule has 3 nitrogen and oxygen atoms in total. The third-order valence-electron chi connectivity index (χ3n) is 2.33. The largest absolute Gasteiger partial charge is 0.508 e. The van der Waals surface area contributed by atoms with Crippen molar-refractivity contribution in [1.29, 1.82) is 0 Å². The van der Waals surface area contributed by atoms with Crippen LogP contribution in [0.15, 0.2) is 12.1 Å². The smallest absolute Gasteiger partial charge is 0.303 e. The Balaban J connectivity index is 3.03. The molecule has 82 valence electrons. The number of hydrogen-bond donors (Lipinski definition) is 2. The number of rotatable bonds is 3. The van der Waals surface area contributed by atoms with Gasteiger partial charge in [-0.15, -0.1) is 0 Å². The number of aryl methyl sites for hydroxylation is 1. The Morgan fingerprint density at radius 3 is 2.67 bits per heavy atom. The van der Waals surface area contributed by atoms with Crippen LogP contribution in [0.2, 0.25) is 0 Å². The van der Waals surface area contributed by atoms with E-state index in [0.29, 0.717) is 5.56 Å². The van der Waals surface area contributed by atoms with Crippen molar-refractivity contribution in [2.75, 3.05) is 0 Å². The number of carboxylic acid groups (broad SMARTS) is 1. The number of aliphatic carboxylic acids is 1. The van der Waals surface area contributed by atoms with Crippen LogP contribution in [-0.4, -0.2) is 16.2 Å². The van der Waals surface area contributed by atoms with Gasteiger partial charge in [0, 0.05) is 0 Å². The minimum absolute atomic E-state index is 0.0105. The second-order valence-corrected chi connectivity index (χ2v) is 3.66. The monoisotopic (exact) mass is 212 g/mol. The van der Waals surface area contributed by atoms with E-state index in [1.165, 1.54) is 12.1 Å². The molecule has 0 heterocycles. The molecule has 0 saturated heterocycles. The standard InChI is InChI=1S/C11H13FO3/c1-6(4-11(14)15)8-5-10(13)7(2)3-9(8)12/h3,5-6,13H,4H2,1-2H3,(H,14,15). The molecule has 0 aliphatic carbocycles. The lowest BCUT2D eigenvalue weighted by molar-refractivity contribution is -0.137. The van der Waals surface area contributed by atoms with Gasteiger partial charge in [0.15, 0.2) is 0 Å². The Bertz CT molecular complexity index is 388. The lowest BCUT2D eigenvalue weighted by atomic mass is 9.96. The molecule has 0 aliphatic rings. The summed E-state index contributed by atoms with van der Waals surface area (Å²) in [4.78, 5) is 10.5. The van der Waals surface area contributed by atoms with E-state index < -0.39 is 17.7 Å². The summed E-state index contributed by atoms with van der Waals surface area (Å²) in [6.07, 6.45) is -0.153. The molecule has 1 atom stereocenters. The quantitative estimate of drug-likeness (QED) is 0.808. The normalized spacial score (nSPS) is 12.5. The van der Waals surface area contributed by atoms with Gasteiger partial charge in [-0.2, -0.15) is 0 Å². The number of phenols is 1. The summed E-state index contributed by atoms with van der Waals surface area (Å²) in [5.74, 6) is -1.92. The van der Waals surface area contributed by atoms with Gasteiger partial charge in [-0.1, -0.05) is 6.92 Å². The molecule has 0 fully saturated rings. The summed E-state index contributed by atoms with van der Waals surface area (Å²) in [6, 6.07) is 2.50. The highest BCUT2D eigenvalue weighted by Crippen LogP contribution is 2.28. The highest BCUT2D eigenvalue weighted by atomic mass is 19.1. The maximum absolute atomic E-state index is 13.4. The van der Waals surface area contributed by atoms with E-state index in [-0.39, 0.29) is 17.7 Å². The van der Waals surface area contributed by atoms with Crippen LogP contribution >= 0.6 is 0 Å². The molecular formula is C11H13FO3. The van der Waals surface area contributed by atoms with Crippen molar-refractivity contribution in [2.24, 2.45) is 0 Å². The number of phenolic OH excluding ortho intramolecular Hbond substituents is 1. The number of carboxylic acids is 1. The van der Waals surface area contributed by atoms with Gasteiger partial charge < -0.3 is 10.2 Å². The molecule has 1 unspecified atom stereocenters. The van der Waals surface area contributed by atoms with E-state index in [0.717, 1.165) is 0 Å². The van der Waals surface area contributed by atoms with Gasteiger partial charge in [0.1, 0.15) is 11.6 Å². The lowest BCUT2D eigenvalue weighted by Crippen LogP contribution is -2.05. The van der Waals surface area contributed by atoms with Gasteiger partial charge in [-0.25, -0.2) is 4.39 Å². The van der Waals surface area contributed by atoms with E-state index in [2.05, 4.69) is 0 Å². The van der Waals surface area contributed by atoms with Crippen LogP contribution in [0.3, 0.4) is 0 Å². The van der Waals surface area contributed by atoms with Crippen LogP contribution in [0.4, 0.5) is 4.39 Å². The summed E-state index contributed by atoms with van der Waals surface area (Å²) >= 11 is 0. The molecule has 1 rings (SSSR count). The molecule has 1 aromatic carbocycles. The fourth-order valence-corrected chi connectivity index (χ4v) is 1.43. The van der Waals surface area contributed by atoms with Gasteiger partial charge in [-0.05, 0) is 36.1 Å². The highest BCUT2D eigenvalue weighted by molar-refractivity contribution is 5.68. The summed E-state index contributed by atoms with van der Waals surface area (Å²) in [6.45, 7) is 3.20. The fourth-order valence-electron chi connectivity index (χ4n) is 1.43. The van der Waals surface area contributed by atoms with Crippen molar-refractivity contribution >= 4 is 5.97 Å². The molecule has 2 N–H and O–H groups in total. The lowest BCUT2D eigenvalue weighted by Gasteiger charge is -2.11. The molecule has 0 aromatic heterocycles. The Morgan fingerprint density at radius 2 is 2.13 bits per heavy atom. The molecule has 15 heavy (non-hydrogen) atoms. The van der Waals surface area contributed by atoms with Crippen LogP contribution in [-0.2, 0) is 4.79 Å². The SMILES string of the molecule is Cc1cc(F)c(C(C)CC(=O)O)cc1O. The minimum Gasteiger partial charge on any atom is -0.508 e. The van der Waals surface area contributed by atoms with Crippen molar-refractivity contribution in [3.8, 4) is 5.75 Å². The van der Waals surface area contributed by atoms with Gasteiger partial charge >= 0.3 is 5.97 Å². The molecule has 0 bridgehead atoms. The van der Waals surface area contributed by atoms with E-state index in [1.807, 2.05) is 0 Å². The number of hydrogen-bond acceptors (Lipinski definition) is 2. The molecule has 4 heteroatoms. The van der Waals surface area contributed by atoms with Gasteiger partial charge in [-0.3, -0.25) is 4.79 Å². The topological polar surface area (TPSA) is 57.5 Å². The van der Waals surface area contributed by atoms with Crippen molar-refractivity contribution in [2.45, 2.75) is 26.2 Å². The first-order valence-electron chi connectivity index (χ1n) is 4.62. The van der Waals surface area contributed by atoms with Gasteiger partial charge in [0.2, 0.25) is 0 Å². The molecule has 0 saturated carbocycles. The van der Waals surface area contributed by atoms with E-state index >= 15 is 0 Å². The predicted molar refractivity (Wildman–Crippen MR) is 53.5 cm³/mol. The van der Waals surface area contributed by atoms with Crippen LogP contribution in [0.5, 0.6) is 5.75 Å². The van der Waals surface area contributed by atoms with Crippen molar-refractivity contribution in [3.63, 3.8) is 0 Å². The molecule has 0 radical (unpaired) electrons. The van der Waals surface area contributed by atoms with Crippen molar-refractivity contribution < 1.29 is 19.4 Å². The average Bonchev–Trinajstić information content (AvgIpc) is 2.09. The summed E-state index contributed by atoms with van der Waals surface area (Å²) in [5, 5.41) is 18.0. The number of halogens is 1. The fraction of sp³-hybridized carbons (Fsp3) is 0.364. The Morgan fingerprint density at radius 1 is 1.53 bits per heavy atom. The zero-order valence-corrected chi connectivity index (χ0v) is 8.62. The first kappa shape index (κ1) is 11.5. The predicted octanol–water partition coefficient (Wildman–Crippen LogP) is 2.42. The number of carbonyl (C=O) groups is 1. The molecular weight excluding hydrogens is 199 g/mol. The van der Waals surface area contributed by atoms with Gasteiger partial charge in [0.05, 0.1) is 6.42 Å². The summed E-state index contributed by atoms with van der Waals surface area (Å²) < 4.78 is 13.4. The maximum Gasteiger partial charge on any atom is 0.303 e. The van der Waals surface area contributed by atoms with Crippen LogP contribution in [0.25, 0.3) is 0 Å². The molecule has 0 spiro atoms. The zero-order valence-electron chi connectivity index (χ0n) is 8.62. The van der Waals surface area contributed by atoms with E-state index in [9.17, 15) is 14.3 Å². The number of benzene rings is 1. The molecule has 0 amide bonds. The first-order chi connectivity index (χ1) is 6.91. The third-order valence-corrected chi connectivity index (χ3v) is 2.33. The van der Waals surface area contributed by atoms with Crippen LogP contribution in [0, 0.1) is 12.7 Å². The Kier molecular flexibility index (Phi) is 3.29. The van der Waals surface area contributed by atoms with Crippen molar-refractivity contribution in [3.05, 3.63) is 29.1 Å². The minimum atomic E-state index is -0.984. The maximum atomic E-state index is 13.4. The van der Waals surface area contributed by atoms with E-state index in [1.54, 1.807) is 13.8 Å². The first-order valence-corrected chi connectivity index (χ1v) is 4.62. The summed E-state index contributed by atoms with van der Waals surface area (Å²) in [7, 11) is 0. The Hall–Kier alpha value is -1.58. The van der Waals surface area contributed by atoms with E-state index in [4.69, 9.17) is 5.11 Å². The van der Waals surface area contributed by atoms with Gasteiger partial charge in [0.25, 0.3) is 0 Å². The second-order valence-electron chi connectivity index (χ2n) is 3.66. The zero-order chi connectivity index (χ0) is 11.6.